The van der Waals surface area contributed by atoms with E-state index >= 15 is 0 Å². The molecule has 1 unspecified atom stereocenters. The van der Waals surface area contributed by atoms with Crippen LogP contribution in [0.4, 0.5) is 5.69 Å². The number of carbonyl (C=O) groups is 1. The maximum Gasteiger partial charge on any atom is 0.258 e. The summed E-state index contributed by atoms with van der Waals surface area (Å²) in [7, 11) is 3.79. The Hall–Kier alpha value is -2.39. The van der Waals surface area contributed by atoms with E-state index in [-0.39, 0.29) is 5.91 Å². The molecule has 1 aromatic carbocycles. The summed E-state index contributed by atoms with van der Waals surface area (Å²) in [5, 5.41) is 12.2. The number of anilines is 1. The second kappa shape index (κ2) is 5.19. The van der Waals surface area contributed by atoms with Gasteiger partial charge in [-0.15, -0.1) is 11.3 Å². The zero-order valence-electron chi connectivity index (χ0n) is 11.8. The van der Waals surface area contributed by atoms with Crippen LogP contribution in [0.3, 0.4) is 0 Å². The molecule has 0 aliphatic carbocycles. The Morgan fingerprint density at radius 3 is 2.90 bits per heavy atom. The lowest BCUT2D eigenvalue weighted by Crippen LogP contribution is -2.27. The predicted octanol–water partition coefficient (Wildman–Crippen LogP) is 2.43. The average molecular weight is 298 g/mol. The summed E-state index contributed by atoms with van der Waals surface area (Å²) in [5.74, 6) is -0.101. The van der Waals surface area contributed by atoms with Crippen molar-refractivity contribution in [1.29, 1.82) is 5.26 Å². The molecule has 0 spiro atoms. The Kier molecular flexibility index (Phi) is 3.35. The van der Waals surface area contributed by atoms with E-state index in [9.17, 15) is 10.1 Å². The summed E-state index contributed by atoms with van der Waals surface area (Å²) in [6.45, 7) is 0.371. The lowest BCUT2D eigenvalue weighted by Gasteiger charge is -2.18. The number of thiazole rings is 1. The first kappa shape index (κ1) is 13.6. The van der Waals surface area contributed by atoms with Gasteiger partial charge in [-0.2, -0.15) is 5.26 Å². The molecule has 1 atom stereocenters. The number of nitrogens with zero attached hydrogens (tertiary/aromatic N) is 4. The molecule has 21 heavy (non-hydrogen) atoms. The second-order valence-electron chi connectivity index (χ2n) is 5.03. The molecule has 0 radical (unpaired) electrons. The van der Waals surface area contributed by atoms with Crippen molar-refractivity contribution in [2.75, 3.05) is 19.0 Å². The van der Waals surface area contributed by atoms with Gasteiger partial charge in [-0.3, -0.25) is 4.79 Å². The summed E-state index contributed by atoms with van der Waals surface area (Å²) >= 11 is 1.49. The Morgan fingerprint density at radius 2 is 2.29 bits per heavy atom. The molecule has 6 heteroatoms. The molecule has 1 aliphatic rings. The zero-order valence-corrected chi connectivity index (χ0v) is 12.6. The molecular formula is C15H14N4OS. The Labute approximate surface area is 127 Å². The van der Waals surface area contributed by atoms with Crippen LogP contribution in [0.2, 0.25) is 0 Å². The summed E-state index contributed by atoms with van der Waals surface area (Å²) < 4.78 is 0. The van der Waals surface area contributed by atoms with Crippen molar-refractivity contribution < 1.29 is 4.79 Å². The minimum atomic E-state index is -0.545. The van der Waals surface area contributed by atoms with Crippen molar-refractivity contribution in [2.45, 2.75) is 12.6 Å². The third-order valence-corrected chi connectivity index (χ3v) is 4.31. The number of benzene rings is 1. The van der Waals surface area contributed by atoms with Crippen LogP contribution < -0.4 is 4.90 Å². The average Bonchev–Trinajstić information content (AvgIpc) is 3.07. The van der Waals surface area contributed by atoms with Gasteiger partial charge in [0.1, 0.15) is 11.0 Å². The SMILES string of the molecule is CN(C)c1cccc2c1C(=O)N(Cc1nccs1)C2C#N. The minimum Gasteiger partial charge on any atom is -0.377 e. The molecule has 3 rings (SSSR count). The van der Waals surface area contributed by atoms with Gasteiger partial charge in [0.25, 0.3) is 5.91 Å². The molecule has 106 valence electrons. The number of fused-ring (bicyclic) bond motifs is 1. The van der Waals surface area contributed by atoms with E-state index in [2.05, 4.69) is 11.1 Å². The lowest BCUT2D eigenvalue weighted by atomic mass is 10.0. The smallest absolute Gasteiger partial charge is 0.258 e. The van der Waals surface area contributed by atoms with Crippen molar-refractivity contribution in [3.8, 4) is 6.07 Å². The van der Waals surface area contributed by atoms with Crippen molar-refractivity contribution in [3.63, 3.8) is 0 Å². The highest BCUT2D eigenvalue weighted by molar-refractivity contribution is 7.09. The number of hydrogen-bond acceptors (Lipinski definition) is 5. The van der Waals surface area contributed by atoms with E-state index in [0.29, 0.717) is 12.1 Å². The molecule has 0 bridgehead atoms. The molecule has 0 N–H and O–H groups in total. The molecule has 1 aromatic heterocycles. The van der Waals surface area contributed by atoms with E-state index in [1.165, 1.54) is 11.3 Å². The number of rotatable bonds is 3. The topological polar surface area (TPSA) is 60.2 Å². The third-order valence-electron chi connectivity index (χ3n) is 3.55. The highest BCUT2D eigenvalue weighted by atomic mass is 32.1. The van der Waals surface area contributed by atoms with E-state index in [0.717, 1.165) is 16.3 Å². The Morgan fingerprint density at radius 1 is 1.48 bits per heavy atom. The van der Waals surface area contributed by atoms with Crippen molar-refractivity contribution in [3.05, 3.63) is 45.9 Å². The number of hydrogen-bond donors (Lipinski definition) is 0. The van der Waals surface area contributed by atoms with Gasteiger partial charge >= 0.3 is 0 Å². The predicted molar refractivity (Wildman–Crippen MR) is 81.1 cm³/mol. The molecule has 1 amide bonds. The first-order valence-corrected chi connectivity index (χ1v) is 7.40. The molecule has 0 fully saturated rings. The van der Waals surface area contributed by atoms with Crippen LogP contribution in [0.1, 0.15) is 27.0 Å². The fourth-order valence-electron chi connectivity index (χ4n) is 2.60. The maximum atomic E-state index is 12.7. The van der Waals surface area contributed by atoms with Crippen molar-refractivity contribution in [1.82, 2.24) is 9.88 Å². The molecular weight excluding hydrogens is 284 g/mol. The standard InChI is InChI=1S/C15H14N4OS/c1-18(2)11-5-3-4-10-12(8-16)19(15(20)14(10)11)9-13-17-6-7-21-13/h3-7,12H,9H2,1-2H3. The first-order chi connectivity index (χ1) is 10.1. The normalized spacial score (nSPS) is 16.7. The zero-order chi connectivity index (χ0) is 15.0. The van der Waals surface area contributed by atoms with Crippen LogP contribution in [-0.4, -0.2) is 29.9 Å². The van der Waals surface area contributed by atoms with Crippen LogP contribution in [0, 0.1) is 11.3 Å². The molecule has 2 aromatic rings. The third kappa shape index (κ3) is 2.16. The Bertz CT molecular complexity index is 718. The maximum absolute atomic E-state index is 12.7. The highest BCUT2D eigenvalue weighted by Gasteiger charge is 2.39. The van der Waals surface area contributed by atoms with Gasteiger partial charge in [0, 0.05) is 36.9 Å². The first-order valence-electron chi connectivity index (χ1n) is 6.52. The van der Waals surface area contributed by atoms with Crippen LogP contribution in [-0.2, 0) is 6.54 Å². The quantitative estimate of drug-likeness (QED) is 0.873. The summed E-state index contributed by atoms with van der Waals surface area (Å²) in [5.41, 5.74) is 2.26. The van der Waals surface area contributed by atoms with E-state index in [1.807, 2.05) is 42.6 Å². The number of nitriles is 1. The molecule has 0 saturated carbocycles. The van der Waals surface area contributed by atoms with Gasteiger partial charge in [-0.25, -0.2) is 4.98 Å². The molecule has 5 nitrogen and oxygen atoms in total. The van der Waals surface area contributed by atoms with Gasteiger partial charge in [0.2, 0.25) is 0 Å². The van der Waals surface area contributed by atoms with Crippen molar-refractivity contribution in [2.24, 2.45) is 0 Å². The fourth-order valence-corrected chi connectivity index (χ4v) is 3.21. The largest absolute Gasteiger partial charge is 0.377 e. The number of amides is 1. The van der Waals surface area contributed by atoms with E-state index < -0.39 is 6.04 Å². The van der Waals surface area contributed by atoms with Gasteiger partial charge in [-0.1, -0.05) is 12.1 Å². The summed E-state index contributed by atoms with van der Waals surface area (Å²) in [6.07, 6.45) is 1.71. The van der Waals surface area contributed by atoms with E-state index in [1.54, 1.807) is 11.1 Å². The molecule has 2 heterocycles. The monoisotopic (exact) mass is 298 g/mol. The van der Waals surface area contributed by atoms with Crippen LogP contribution >= 0.6 is 11.3 Å². The van der Waals surface area contributed by atoms with Crippen LogP contribution in [0.25, 0.3) is 0 Å². The lowest BCUT2D eigenvalue weighted by molar-refractivity contribution is 0.0745. The van der Waals surface area contributed by atoms with Gasteiger partial charge in [0.15, 0.2) is 0 Å². The minimum absolute atomic E-state index is 0.101. The van der Waals surface area contributed by atoms with E-state index in [4.69, 9.17) is 0 Å². The second-order valence-corrected chi connectivity index (χ2v) is 6.01. The van der Waals surface area contributed by atoms with Crippen LogP contribution in [0.5, 0.6) is 0 Å². The van der Waals surface area contributed by atoms with Gasteiger partial charge < -0.3 is 9.80 Å². The van der Waals surface area contributed by atoms with Gasteiger partial charge in [-0.05, 0) is 6.07 Å². The molecule has 0 saturated heterocycles. The fraction of sp³-hybridized carbons (Fsp3) is 0.267. The van der Waals surface area contributed by atoms with Gasteiger partial charge in [0.05, 0.1) is 18.2 Å². The summed E-state index contributed by atoms with van der Waals surface area (Å²) in [6, 6.07) is 7.34. The number of carbonyl (C=O) groups excluding carboxylic acids is 1. The highest BCUT2D eigenvalue weighted by Crippen LogP contribution is 2.39. The van der Waals surface area contributed by atoms with Crippen LogP contribution in [0.15, 0.2) is 29.8 Å². The Balaban J connectivity index is 2.05. The van der Waals surface area contributed by atoms with Crippen molar-refractivity contribution >= 4 is 22.9 Å². The number of aromatic nitrogens is 1. The molecule has 1 aliphatic heterocycles. The summed E-state index contributed by atoms with van der Waals surface area (Å²) in [4.78, 5) is 20.4.